The Kier molecular flexibility index (Phi) is 13.0. The largest absolute Gasteiger partial charge is 0.368 e. The van der Waals surface area contributed by atoms with Crippen LogP contribution in [0.1, 0.15) is 84.6 Å². The predicted octanol–water partition coefficient (Wildman–Crippen LogP) is 7.81. The molecule has 0 spiro atoms. The molecule has 0 aliphatic rings. The van der Waals surface area contributed by atoms with Crippen LogP contribution >= 0.6 is 0 Å². The number of aromatic nitrogens is 1. The lowest BCUT2D eigenvalue weighted by Gasteiger charge is -2.25. The molecule has 0 bridgehead atoms. The second kappa shape index (κ2) is 16.1. The van der Waals surface area contributed by atoms with Gasteiger partial charge in [0.1, 0.15) is 11.5 Å². The van der Waals surface area contributed by atoms with Crippen molar-refractivity contribution in [1.82, 2.24) is 4.98 Å². The van der Waals surface area contributed by atoms with Gasteiger partial charge in [-0.3, -0.25) is 0 Å². The van der Waals surface area contributed by atoms with Gasteiger partial charge in [0.05, 0.1) is 6.34 Å². The molecule has 1 aromatic heterocycles. The highest BCUT2D eigenvalue weighted by atomic mass is 15.2. The number of anilines is 3. The molecule has 2 rings (SSSR count). The van der Waals surface area contributed by atoms with Gasteiger partial charge >= 0.3 is 0 Å². The quantitative estimate of drug-likeness (QED) is 0.146. The van der Waals surface area contributed by atoms with Crippen molar-refractivity contribution in [2.24, 2.45) is 4.99 Å². The molecule has 2 N–H and O–H groups in total. The molecule has 0 aliphatic carbocycles. The highest BCUT2D eigenvalue weighted by Crippen LogP contribution is 2.27. The Balaban J connectivity index is 2.16. The van der Waals surface area contributed by atoms with Gasteiger partial charge in [-0.2, -0.15) is 0 Å². The van der Waals surface area contributed by atoms with E-state index in [9.17, 15) is 0 Å². The summed E-state index contributed by atoms with van der Waals surface area (Å²) in [5, 5.41) is 6.82. The third kappa shape index (κ3) is 9.85. The summed E-state index contributed by atoms with van der Waals surface area (Å²) < 4.78 is 0. The second-order valence-corrected chi connectivity index (χ2v) is 8.67. The maximum absolute atomic E-state index is 5.02. The Morgan fingerprint density at radius 3 is 2.09 bits per heavy atom. The van der Waals surface area contributed by atoms with Crippen molar-refractivity contribution in [1.29, 1.82) is 0 Å². The Hall–Kier alpha value is -2.56. The van der Waals surface area contributed by atoms with Gasteiger partial charge in [-0.25, -0.2) is 9.98 Å². The van der Waals surface area contributed by atoms with Gasteiger partial charge in [-0.15, -0.1) is 0 Å². The van der Waals surface area contributed by atoms with Crippen LogP contribution in [0.2, 0.25) is 0 Å². The van der Waals surface area contributed by atoms with Crippen molar-refractivity contribution in [3.63, 3.8) is 0 Å². The number of hydrogen-bond donors (Lipinski definition) is 2. The summed E-state index contributed by atoms with van der Waals surface area (Å²) in [6.45, 7) is 11.9. The molecule has 0 saturated heterocycles. The van der Waals surface area contributed by atoms with Crippen LogP contribution in [0.15, 0.2) is 41.4 Å². The molecule has 5 heteroatoms. The fourth-order valence-corrected chi connectivity index (χ4v) is 3.69. The molecule has 2 aromatic rings. The van der Waals surface area contributed by atoms with Crippen LogP contribution in [0.3, 0.4) is 0 Å². The van der Waals surface area contributed by atoms with E-state index in [-0.39, 0.29) is 0 Å². The van der Waals surface area contributed by atoms with Crippen molar-refractivity contribution >= 4 is 29.3 Å². The normalized spacial score (nSPS) is 11.2. The minimum Gasteiger partial charge on any atom is -0.368 e. The highest BCUT2D eigenvalue weighted by molar-refractivity contribution is 5.80. The van der Waals surface area contributed by atoms with E-state index >= 15 is 0 Å². The number of nitrogens with one attached hydrogen (secondary N) is 2. The Morgan fingerprint density at radius 2 is 1.48 bits per heavy atom. The summed E-state index contributed by atoms with van der Waals surface area (Å²) in [5.74, 6) is 1.93. The topological polar surface area (TPSA) is 52.5 Å². The summed E-state index contributed by atoms with van der Waals surface area (Å²) in [7, 11) is 0. The lowest BCUT2D eigenvalue weighted by Crippen LogP contribution is -2.27. The van der Waals surface area contributed by atoms with Crippen molar-refractivity contribution in [3.05, 3.63) is 42.0 Å². The van der Waals surface area contributed by atoms with Gasteiger partial charge in [0.25, 0.3) is 0 Å². The van der Waals surface area contributed by atoms with Crippen molar-refractivity contribution < 1.29 is 0 Å². The first-order valence-electron chi connectivity index (χ1n) is 13.1. The molecular formula is C28H45N5. The number of unbranched alkanes of at least 4 members (excludes halogenated alkanes) is 5. The van der Waals surface area contributed by atoms with Crippen molar-refractivity contribution in [2.75, 3.05) is 35.2 Å². The molecule has 0 unspecified atom stereocenters. The lowest BCUT2D eigenvalue weighted by atomic mass is 10.1. The van der Waals surface area contributed by atoms with Gasteiger partial charge in [-0.05, 0) is 55.5 Å². The van der Waals surface area contributed by atoms with E-state index < -0.39 is 0 Å². The first-order chi connectivity index (χ1) is 16.2. The van der Waals surface area contributed by atoms with Gasteiger partial charge in [-0.1, -0.05) is 71.9 Å². The fourth-order valence-electron chi connectivity index (χ4n) is 3.69. The smallest absolute Gasteiger partial charge is 0.154 e. The number of aliphatic imine (C=N–C) groups is 1. The van der Waals surface area contributed by atoms with Crippen LogP contribution in [0, 0.1) is 0 Å². The fraction of sp³-hybridized carbons (Fsp3) is 0.571. The van der Waals surface area contributed by atoms with E-state index in [1.807, 2.05) is 0 Å². The van der Waals surface area contributed by atoms with Gasteiger partial charge in [0.2, 0.25) is 0 Å². The summed E-state index contributed by atoms with van der Waals surface area (Å²) in [4.78, 5) is 12.2. The first-order valence-corrected chi connectivity index (χ1v) is 13.1. The van der Waals surface area contributed by atoms with Crippen molar-refractivity contribution in [2.45, 2.75) is 85.5 Å². The van der Waals surface area contributed by atoms with Crippen LogP contribution in [-0.4, -0.2) is 31.0 Å². The Labute approximate surface area is 202 Å². The summed E-state index contributed by atoms with van der Waals surface area (Å²) in [6, 6.07) is 12.7. The number of nitrogens with zero attached hydrogens (tertiary/aromatic N) is 3. The molecule has 0 atom stereocenters. The average Bonchev–Trinajstić information content (AvgIpc) is 2.84. The SMILES string of the molecule is CCCCCN(CCCCC)c1ccc(N=CNc2ccc(CC)cc2)c(NCCCC)n1. The third-order valence-electron chi connectivity index (χ3n) is 5.87. The Morgan fingerprint density at radius 1 is 0.818 bits per heavy atom. The van der Waals surface area contributed by atoms with Gasteiger partial charge in [0.15, 0.2) is 5.82 Å². The summed E-state index contributed by atoms with van der Waals surface area (Å²) in [6.07, 6.45) is 12.5. The number of pyridine rings is 1. The van der Waals surface area contributed by atoms with Crippen LogP contribution in [0.5, 0.6) is 0 Å². The molecule has 5 nitrogen and oxygen atoms in total. The van der Waals surface area contributed by atoms with E-state index in [1.54, 1.807) is 6.34 Å². The zero-order valence-corrected chi connectivity index (χ0v) is 21.4. The van der Waals surface area contributed by atoms with E-state index in [0.29, 0.717) is 0 Å². The van der Waals surface area contributed by atoms with E-state index in [1.165, 1.54) is 44.1 Å². The van der Waals surface area contributed by atoms with Crippen LogP contribution < -0.4 is 15.5 Å². The zero-order valence-electron chi connectivity index (χ0n) is 21.4. The molecule has 0 radical (unpaired) electrons. The zero-order chi connectivity index (χ0) is 23.7. The number of aryl methyl sites for hydroxylation is 1. The first kappa shape index (κ1) is 26.7. The van der Waals surface area contributed by atoms with Gasteiger partial charge < -0.3 is 15.5 Å². The summed E-state index contributed by atoms with van der Waals surface area (Å²) >= 11 is 0. The molecule has 0 saturated carbocycles. The molecule has 182 valence electrons. The predicted molar refractivity (Wildman–Crippen MR) is 146 cm³/mol. The number of rotatable bonds is 17. The number of hydrogen-bond acceptors (Lipinski definition) is 4. The minimum absolute atomic E-state index is 0.870. The molecule has 0 amide bonds. The van der Waals surface area contributed by atoms with E-state index in [4.69, 9.17) is 9.98 Å². The lowest BCUT2D eigenvalue weighted by molar-refractivity contribution is 0.632. The van der Waals surface area contributed by atoms with Gasteiger partial charge in [0, 0.05) is 25.3 Å². The van der Waals surface area contributed by atoms with Crippen LogP contribution in [-0.2, 0) is 6.42 Å². The molecular weight excluding hydrogens is 406 g/mol. The highest BCUT2D eigenvalue weighted by Gasteiger charge is 2.11. The molecule has 0 aliphatic heterocycles. The average molecular weight is 452 g/mol. The van der Waals surface area contributed by atoms with E-state index in [2.05, 4.69) is 79.6 Å². The third-order valence-corrected chi connectivity index (χ3v) is 5.87. The monoisotopic (exact) mass is 451 g/mol. The van der Waals surface area contributed by atoms with Crippen molar-refractivity contribution in [3.8, 4) is 0 Å². The number of benzene rings is 1. The maximum Gasteiger partial charge on any atom is 0.154 e. The molecule has 33 heavy (non-hydrogen) atoms. The Bertz CT molecular complexity index is 790. The van der Waals surface area contributed by atoms with Crippen LogP contribution in [0.4, 0.5) is 23.0 Å². The molecule has 1 aromatic carbocycles. The molecule has 0 fully saturated rings. The second-order valence-electron chi connectivity index (χ2n) is 8.67. The van der Waals surface area contributed by atoms with Crippen LogP contribution in [0.25, 0.3) is 0 Å². The summed E-state index contributed by atoms with van der Waals surface area (Å²) in [5.41, 5.74) is 3.25. The molecule has 1 heterocycles. The van der Waals surface area contributed by atoms with E-state index in [0.717, 1.165) is 61.9 Å². The standard InChI is InChI=1S/C28H45N5/c1-5-9-12-21-33(22-13-10-6-2)27-19-18-26(28(32-27)29-20-11-7-3)31-23-30-25-16-14-24(8-4)15-17-25/h14-19,23H,5-13,20-22H2,1-4H3,(H,29,32)(H,30,31). The minimum atomic E-state index is 0.870. The maximum atomic E-state index is 5.02.